The Bertz CT molecular complexity index is 459. The molecule has 0 spiro atoms. The van der Waals surface area contributed by atoms with E-state index in [9.17, 15) is 14.0 Å². The van der Waals surface area contributed by atoms with Crippen LogP contribution in [0.3, 0.4) is 0 Å². The van der Waals surface area contributed by atoms with Crippen molar-refractivity contribution in [1.29, 1.82) is 0 Å². The summed E-state index contributed by atoms with van der Waals surface area (Å²) in [4.78, 5) is 20.9. The van der Waals surface area contributed by atoms with Crippen LogP contribution in [0.2, 0.25) is 5.02 Å². The van der Waals surface area contributed by atoms with Crippen molar-refractivity contribution in [3.63, 3.8) is 0 Å². The summed E-state index contributed by atoms with van der Waals surface area (Å²) in [6.07, 6.45) is 0.649. The number of rotatable bonds is 8. The first-order chi connectivity index (χ1) is 9.04. The second-order valence-electron chi connectivity index (χ2n) is 3.75. The summed E-state index contributed by atoms with van der Waals surface area (Å²) in [6.45, 7) is 0. The third-order valence-electron chi connectivity index (χ3n) is 2.39. The van der Waals surface area contributed by atoms with Gasteiger partial charge in [0.15, 0.2) is 0 Å². The van der Waals surface area contributed by atoms with Crippen molar-refractivity contribution in [3.8, 4) is 0 Å². The van der Waals surface area contributed by atoms with Gasteiger partial charge >= 0.3 is 5.97 Å². The molecule has 1 atom stereocenters. The van der Waals surface area contributed by atoms with E-state index in [1.807, 2.05) is 0 Å². The van der Waals surface area contributed by atoms with Gasteiger partial charge in [-0.25, -0.2) is 9.18 Å². The Balaban J connectivity index is 2.37. The van der Waals surface area contributed by atoms with Gasteiger partial charge in [0.25, 0.3) is 0 Å². The summed E-state index contributed by atoms with van der Waals surface area (Å²) < 4.78 is 13.4. The SMILES string of the molecule is O=CNC(CCSCc1ccc(Cl)cc1F)C(=O)O. The average Bonchev–Trinajstić information content (AvgIpc) is 2.35. The van der Waals surface area contributed by atoms with Crippen molar-refractivity contribution in [3.05, 3.63) is 34.6 Å². The Hall–Kier alpha value is -1.27. The van der Waals surface area contributed by atoms with Gasteiger partial charge in [-0.1, -0.05) is 17.7 Å². The van der Waals surface area contributed by atoms with Gasteiger partial charge in [0.1, 0.15) is 11.9 Å². The molecule has 0 aliphatic carbocycles. The maximum absolute atomic E-state index is 13.4. The van der Waals surface area contributed by atoms with Gasteiger partial charge in [-0.05, 0) is 29.9 Å². The summed E-state index contributed by atoms with van der Waals surface area (Å²) >= 11 is 7.03. The lowest BCUT2D eigenvalue weighted by Crippen LogP contribution is -2.36. The maximum Gasteiger partial charge on any atom is 0.326 e. The van der Waals surface area contributed by atoms with E-state index in [-0.39, 0.29) is 12.2 Å². The molecular formula is C12H13ClFNO3S. The van der Waals surface area contributed by atoms with Crippen LogP contribution in [0.25, 0.3) is 0 Å². The van der Waals surface area contributed by atoms with Gasteiger partial charge in [0, 0.05) is 10.8 Å². The highest BCUT2D eigenvalue weighted by molar-refractivity contribution is 7.98. The summed E-state index contributed by atoms with van der Waals surface area (Å²) in [6, 6.07) is 3.54. The summed E-state index contributed by atoms with van der Waals surface area (Å²) in [5.74, 6) is -0.526. The number of carbonyl (C=O) groups excluding carboxylic acids is 1. The van der Waals surface area contributed by atoms with Crippen molar-refractivity contribution in [2.75, 3.05) is 5.75 Å². The quantitative estimate of drug-likeness (QED) is 0.571. The number of carboxylic acid groups (broad SMARTS) is 1. The van der Waals surface area contributed by atoms with Crippen LogP contribution in [-0.4, -0.2) is 29.3 Å². The summed E-state index contributed by atoms with van der Waals surface area (Å²) in [7, 11) is 0. The third-order valence-corrected chi connectivity index (χ3v) is 3.67. The number of carbonyl (C=O) groups is 2. The number of thioether (sulfide) groups is 1. The molecule has 0 aliphatic rings. The largest absolute Gasteiger partial charge is 0.480 e. The molecule has 1 rings (SSSR count). The summed E-state index contributed by atoms with van der Waals surface area (Å²) in [5.41, 5.74) is 0.518. The van der Waals surface area contributed by atoms with Gasteiger partial charge < -0.3 is 10.4 Å². The van der Waals surface area contributed by atoms with Gasteiger partial charge in [0.2, 0.25) is 6.41 Å². The molecule has 0 radical (unpaired) electrons. The molecule has 0 aromatic heterocycles. The Morgan fingerprint density at radius 1 is 1.58 bits per heavy atom. The van der Waals surface area contributed by atoms with Crippen molar-refractivity contribution in [2.24, 2.45) is 0 Å². The molecular weight excluding hydrogens is 293 g/mol. The molecule has 104 valence electrons. The Kier molecular flexibility index (Phi) is 6.66. The zero-order valence-corrected chi connectivity index (χ0v) is 11.5. The zero-order chi connectivity index (χ0) is 14.3. The van der Waals surface area contributed by atoms with E-state index in [4.69, 9.17) is 16.7 Å². The van der Waals surface area contributed by atoms with E-state index < -0.39 is 12.0 Å². The molecule has 1 aromatic carbocycles. The predicted molar refractivity (Wildman–Crippen MR) is 72.8 cm³/mol. The Morgan fingerprint density at radius 3 is 2.89 bits per heavy atom. The normalized spacial score (nSPS) is 11.9. The van der Waals surface area contributed by atoms with E-state index in [1.54, 1.807) is 12.1 Å². The van der Waals surface area contributed by atoms with Crippen LogP contribution in [-0.2, 0) is 15.3 Å². The molecule has 0 saturated carbocycles. The fourth-order valence-corrected chi connectivity index (χ4v) is 2.54. The van der Waals surface area contributed by atoms with Crippen LogP contribution in [0.4, 0.5) is 4.39 Å². The molecule has 1 unspecified atom stereocenters. The molecule has 4 nitrogen and oxygen atoms in total. The number of hydrogen-bond acceptors (Lipinski definition) is 3. The fourth-order valence-electron chi connectivity index (χ4n) is 1.38. The molecule has 1 aromatic rings. The van der Waals surface area contributed by atoms with Crippen LogP contribution in [0.15, 0.2) is 18.2 Å². The monoisotopic (exact) mass is 305 g/mol. The minimum absolute atomic E-state index is 0.286. The molecule has 0 saturated heterocycles. The zero-order valence-electron chi connectivity index (χ0n) is 9.94. The predicted octanol–water partition coefficient (Wildman–Crippen LogP) is 2.30. The van der Waals surface area contributed by atoms with Gasteiger partial charge in [-0.15, -0.1) is 0 Å². The summed E-state index contributed by atoms with van der Waals surface area (Å²) in [5, 5.41) is 11.3. The van der Waals surface area contributed by atoms with Crippen molar-refractivity contribution in [2.45, 2.75) is 18.2 Å². The van der Waals surface area contributed by atoms with Gasteiger partial charge in [-0.3, -0.25) is 4.79 Å². The fraction of sp³-hybridized carbons (Fsp3) is 0.333. The second-order valence-corrected chi connectivity index (χ2v) is 5.29. The number of aliphatic carboxylic acids is 1. The highest BCUT2D eigenvalue weighted by Crippen LogP contribution is 2.20. The van der Waals surface area contributed by atoms with Crippen LogP contribution in [0.1, 0.15) is 12.0 Å². The first kappa shape index (κ1) is 15.8. The van der Waals surface area contributed by atoms with E-state index in [0.717, 1.165) is 0 Å². The number of benzene rings is 1. The van der Waals surface area contributed by atoms with E-state index >= 15 is 0 Å². The maximum atomic E-state index is 13.4. The first-order valence-corrected chi connectivity index (χ1v) is 7.02. The topological polar surface area (TPSA) is 66.4 Å². The molecule has 0 fully saturated rings. The van der Waals surface area contributed by atoms with Crippen LogP contribution < -0.4 is 5.32 Å². The van der Waals surface area contributed by atoms with Gasteiger partial charge in [0.05, 0.1) is 0 Å². The molecule has 0 aliphatic heterocycles. The smallest absolute Gasteiger partial charge is 0.326 e. The molecule has 0 bridgehead atoms. The minimum Gasteiger partial charge on any atom is -0.480 e. The number of amides is 1. The van der Waals surface area contributed by atoms with Crippen molar-refractivity contribution in [1.82, 2.24) is 5.32 Å². The lowest BCUT2D eigenvalue weighted by molar-refractivity contribution is -0.140. The standard InChI is InChI=1S/C12H13ClFNO3S/c13-9-2-1-8(10(14)5-9)6-19-4-3-11(12(17)18)15-7-16/h1-2,5,7,11H,3-4,6H2,(H,15,16)(H,17,18). The molecule has 2 N–H and O–H groups in total. The lowest BCUT2D eigenvalue weighted by Gasteiger charge is -2.10. The van der Waals surface area contributed by atoms with Crippen LogP contribution in [0.5, 0.6) is 0 Å². The van der Waals surface area contributed by atoms with Crippen LogP contribution >= 0.6 is 23.4 Å². The molecule has 1 amide bonds. The van der Waals surface area contributed by atoms with Crippen molar-refractivity contribution >= 4 is 35.7 Å². The van der Waals surface area contributed by atoms with E-state index in [0.29, 0.717) is 28.5 Å². The molecule has 0 heterocycles. The highest BCUT2D eigenvalue weighted by atomic mass is 35.5. The molecule has 7 heteroatoms. The number of hydrogen-bond donors (Lipinski definition) is 2. The number of nitrogens with one attached hydrogen (secondary N) is 1. The highest BCUT2D eigenvalue weighted by Gasteiger charge is 2.15. The first-order valence-electron chi connectivity index (χ1n) is 5.48. The van der Waals surface area contributed by atoms with Crippen molar-refractivity contribution < 1.29 is 19.1 Å². The third kappa shape index (κ3) is 5.48. The Morgan fingerprint density at radius 2 is 2.32 bits per heavy atom. The average molecular weight is 306 g/mol. The van der Waals surface area contributed by atoms with E-state index in [2.05, 4.69) is 5.32 Å². The lowest BCUT2D eigenvalue weighted by atomic mass is 10.2. The molecule has 19 heavy (non-hydrogen) atoms. The number of halogens is 2. The number of carboxylic acids is 1. The van der Waals surface area contributed by atoms with Gasteiger partial charge in [-0.2, -0.15) is 11.8 Å². The Labute approximate surface area is 119 Å². The second kappa shape index (κ2) is 8.01. The van der Waals surface area contributed by atoms with E-state index in [1.165, 1.54) is 17.8 Å². The van der Waals surface area contributed by atoms with Crippen LogP contribution in [0, 0.1) is 5.82 Å². The minimum atomic E-state index is -1.08.